The van der Waals surface area contributed by atoms with Crippen LogP contribution >= 0.6 is 0 Å². The van der Waals surface area contributed by atoms with E-state index < -0.39 is 30.0 Å². The average molecular weight is 318 g/mol. The van der Waals surface area contributed by atoms with Crippen LogP contribution < -0.4 is 0 Å². The molecule has 0 fully saturated rings. The van der Waals surface area contributed by atoms with E-state index in [1.165, 1.54) is 0 Å². The molecule has 8 heteroatoms. The normalized spacial score (nSPS) is 22.2. The summed E-state index contributed by atoms with van der Waals surface area (Å²) in [5.74, 6) is -2.13. The predicted molar refractivity (Wildman–Crippen MR) is 70.5 cm³/mol. The van der Waals surface area contributed by atoms with Crippen molar-refractivity contribution in [3.05, 3.63) is 35.6 Å². The molecule has 22 heavy (non-hydrogen) atoms. The van der Waals surface area contributed by atoms with Crippen LogP contribution in [0.5, 0.6) is 0 Å². The molecule has 0 saturated carbocycles. The van der Waals surface area contributed by atoms with Gasteiger partial charge in [-0.3, -0.25) is 4.79 Å². The van der Waals surface area contributed by atoms with Crippen LogP contribution in [-0.4, -0.2) is 33.6 Å². The van der Waals surface area contributed by atoms with Crippen LogP contribution in [-0.2, 0) is 0 Å². The summed E-state index contributed by atoms with van der Waals surface area (Å²) in [4.78, 5) is 12.2. The van der Waals surface area contributed by atoms with Gasteiger partial charge in [-0.25, -0.2) is 4.39 Å². The van der Waals surface area contributed by atoms with Crippen LogP contribution in [0.4, 0.5) is 17.6 Å². The van der Waals surface area contributed by atoms with E-state index in [1.807, 2.05) is 0 Å². The topological polar surface area (TPSA) is 52.9 Å². The van der Waals surface area contributed by atoms with Crippen molar-refractivity contribution in [2.24, 2.45) is 11.0 Å². The van der Waals surface area contributed by atoms with Crippen molar-refractivity contribution >= 4 is 11.6 Å². The molecule has 0 unspecified atom stereocenters. The van der Waals surface area contributed by atoms with Gasteiger partial charge in [-0.1, -0.05) is 13.8 Å². The molecule has 1 aliphatic heterocycles. The Morgan fingerprint density at radius 1 is 1.32 bits per heavy atom. The largest absolute Gasteiger partial charge is 0.438 e. The van der Waals surface area contributed by atoms with Crippen LogP contribution in [0.3, 0.4) is 0 Å². The Balaban J connectivity index is 2.43. The number of benzene rings is 1. The molecular formula is C14H14F4N2O2. The number of amides is 1. The SMILES string of the molecule is CC(C)C1=NN(C(=O)c2ccc(F)cc2)[C@@](O)(C(F)(F)F)C1. The van der Waals surface area contributed by atoms with Crippen molar-refractivity contribution in [1.82, 2.24) is 5.01 Å². The second-order valence-electron chi connectivity index (χ2n) is 5.36. The Hall–Kier alpha value is -1.96. The van der Waals surface area contributed by atoms with Crippen molar-refractivity contribution < 1.29 is 27.5 Å². The Kier molecular flexibility index (Phi) is 3.99. The van der Waals surface area contributed by atoms with E-state index in [1.54, 1.807) is 13.8 Å². The second-order valence-corrected chi connectivity index (χ2v) is 5.36. The van der Waals surface area contributed by atoms with Gasteiger partial charge >= 0.3 is 6.18 Å². The lowest BCUT2D eigenvalue weighted by atomic mass is 9.99. The average Bonchev–Trinajstić information content (AvgIpc) is 2.78. The third-order valence-electron chi connectivity index (χ3n) is 3.41. The molecular weight excluding hydrogens is 304 g/mol. The summed E-state index contributed by atoms with van der Waals surface area (Å²) in [6.07, 6.45) is -5.87. The van der Waals surface area contributed by atoms with E-state index >= 15 is 0 Å². The predicted octanol–water partition coefficient (Wildman–Crippen LogP) is 2.93. The third kappa shape index (κ3) is 2.70. The van der Waals surface area contributed by atoms with E-state index in [9.17, 15) is 27.5 Å². The summed E-state index contributed by atoms with van der Waals surface area (Å²) in [6, 6.07) is 3.97. The third-order valence-corrected chi connectivity index (χ3v) is 3.41. The van der Waals surface area contributed by atoms with Gasteiger partial charge in [0.05, 0.1) is 0 Å². The molecule has 0 radical (unpaired) electrons. The number of carbonyl (C=O) groups is 1. The quantitative estimate of drug-likeness (QED) is 0.853. The fourth-order valence-corrected chi connectivity index (χ4v) is 2.04. The highest BCUT2D eigenvalue weighted by molar-refractivity contribution is 5.98. The number of hydrazone groups is 1. The summed E-state index contributed by atoms with van der Waals surface area (Å²) >= 11 is 0. The highest BCUT2D eigenvalue weighted by Crippen LogP contribution is 2.41. The molecule has 1 heterocycles. The molecule has 2 rings (SSSR count). The zero-order valence-corrected chi connectivity index (χ0v) is 11.9. The highest BCUT2D eigenvalue weighted by Gasteiger charge is 2.63. The molecule has 0 aliphatic carbocycles. The van der Waals surface area contributed by atoms with Crippen LogP contribution in [0.2, 0.25) is 0 Å². The van der Waals surface area contributed by atoms with Gasteiger partial charge in [0, 0.05) is 17.7 Å². The summed E-state index contributed by atoms with van der Waals surface area (Å²) in [6.45, 7) is 3.23. The number of nitrogens with zero attached hydrogens (tertiary/aromatic N) is 2. The van der Waals surface area contributed by atoms with Crippen LogP contribution in [0.25, 0.3) is 0 Å². The lowest BCUT2D eigenvalue weighted by molar-refractivity contribution is -0.297. The van der Waals surface area contributed by atoms with Crippen molar-refractivity contribution in [3.8, 4) is 0 Å². The van der Waals surface area contributed by atoms with Gasteiger partial charge in [-0.2, -0.15) is 23.3 Å². The Labute approximate surface area is 124 Å². The van der Waals surface area contributed by atoms with E-state index in [0.717, 1.165) is 24.3 Å². The Morgan fingerprint density at radius 3 is 2.32 bits per heavy atom. The fourth-order valence-electron chi connectivity index (χ4n) is 2.04. The monoisotopic (exact) mass is 318 g/mol. The summed E-state index contributed by atoms with van der Waals surface area (Å²) in [7, 11) is 0. The standard InChI is InChI=1S/C14H14F4N2O2/c1-8(2)11-7-13(22,14(16,17)18)20(19-11)12(21)9-3-5-10(15)6-4-9/h3-6,8,22H,7H2,1-2H3/t13-/m0/s1. The maximum Gasteiger partial charge on any atom is 0.438 e. The molecule has 120 valence electrons. The van der Waals surface area contributed by atoms with Gasteiger partial charge in [0.25, 0.3) is 11.6 Å². The molecule has 0 spiro atoms. The first-order valence-electron chi connectivity index (χ1n) is 6.53. The summed E-state index contributed by atoms with van der Waals surface area (Å²) in [5.41, 5.74) is -3.52. The van der Waals surface area contributed by atoms with Crippen molar-refractivity contribution in [1.29, 1.82) is 0 Å². The molecule has 1 aromatic rings. The zero-order chi connectivity index (χ0) is 16.7. The molecule has 1 aliphatic rings. The van der Waals surface area contributed by atoms with Gasteiger partial charge in [-0.15, -0.1) is 0 Å². The molecule has 1 aromatic carbocycles. The first kappa shape index (κ1) is 16.4. The number of hydrogen-bond donors (Lipinski definition) is 1. The molecule has 0 aromatic heterocycles. The Bertz CT molecular complexity index is 610. The fraction of sp³-hybridized carbons (Fsp3) is 0.429. The maximum absolute atomic E-state index is 13.2. The first-order chi connectivity index (χ1) is 10.1. The minimum Gasteiger partial charge on any atom is -0.362 e. The lowest BCUT2D eigenvalue weighted by Crippen LogP contribution is -2.56. The molecule has 1 N–H and O–H groups in total. The number of hydrogen-bond acceptors (Lipinski definition) is 3. The summed E-state index contributed by atoms with van der Waals surface area (Å²) in [5, 5.41) is 13.7. The van der Waals surface area contributed by atoms with Crippen LogP contribution in [0.15, 0.2) is 29.4 Å². The Morgan fingerprint density at radius 2 is 1.86 bits per heavy atom. The van der Waals surface area contributed by atoms with Crippen LogP contribution in [0, 0.1) is 11.7 Å². The highest BCUT2D eigenvalue weighted by atomic mass is 19.4. The number of aliphatic hydroxyl groups is 1. The van der Waals surface area contributed by atoms with Crippen molar-refractivity contribution in [2.45, 2.75) is 32.2 Å². The molecule has 0 bridgehead atoms. The number of halogens is 4. The van der Waals surface area contributed by atoms with Crippen molar-refractivity contribution in [3.63, 3.8) is 0 Å². The number of carbonyl (C=O) groups excluding carboxylic acids is 1. The molecule has 1 atom stereocenters. The van der Waals surface area contributed by atoms with Crippen molar-refractivity contribution in [2.75, 3.05) is 0 Å². The van der Waals surface area contributed by atoms with Gasteiger partial charge in [0.15, 0.2) is 0 Å². The van der Waals surface area contributed by atoms with E-state index in [4.69, 9.17) is 0 Å². The van der Waals surface area contributed by atoms with Crippen LogP contribution in [0.1, 0.15) is 30.6 Å². The van der Waals surface area contributed by atoms with E-state index in [2.05, 4.69) is 5.10 Å². The van der Waals surface area contributed by atoms with Gasteiger partial charge in [0.1, 0.15) is 5.82 Å². The van der Waals surface area contributed by atoms with Gasteiger partial charge in [0.2, 0.25) is 0 Å². The second kappa shape index (κ2) is 5.35. The zero-order valence-electron chi connectivity index (χ0n) is 11.9. The first-order valence-corrected chi connectivity index (χ1v) is 6.53. The maximum atomic E-state index is 13.2. The minimum absolute atomic E-state index is 0.0373. The smallest absolute Gasteiger partial charge is 0.362 e. The number of rotatable bonds is 2. The van der Waals surface area contributed by atoms with E-state index in [-0.39, 0.29) is 22.2 Å². The van der Waals surface area contributed by atoms with Gasteiger partial charge in [-0.05, 0) is 30.2 Å². The molecule has 4 nitrogen and oxygen atoms in total. The minimum atomic E-state index is -5.07. The van der Waals surface area contributed by atoms with E-state index in [0.29, 0.717) is 0 Å². The molecule has 1 amide bonds. The van der Waals surface area contributed by atoms with Gasteiger partial charge < -0.3 is 5.11 Å². The summed E-state index contributed by atoms with van der Waals surface area (Å²) < 4.78 is 52.4. The molecule has 0 saturated heterocycles. The lowest BCUT2D eigenvalue weighted by Gasteiger charge is -2.32. The number of alkyl halides is 3.